The molecule has 0 amide bonds. The summed E-state index contributed by atoms with van der Waals surface area (Å²) >= 11 is 1.53. The van der Waals surface area contributed by atoms with E-state index in [2.05, 4.69) is 4.98 Å². The van der Waals surface area contributed by atoms with Crippen LogP contribution in [0.5, 0.6) is 0 Å². The lowest BCUT2D eigenvalue weighted by Crippen LogP contribution is -2.17. The molecule has 0 fully saturated rings. The summed E-state index contributed by atoms with van der Waals surface area (Å²) in [4.78, 5) is 3.93. The Balaban J connectivity index is 2.28. The summed E-state index contributed by atoms with van der Waals surface area (Å²) in [7, 11) is 0. The topological polar surface area (TPSA) is 52.0 Å². The fraction of sp³-hybridized carbons (Fsp3) is 0.500. The normalized spacial score (nSPS) is 13.4. The summed E-state index contributed by atoms with van der Waals surface area (Å²) in [6.45, 7) is 1.95. The van der Waals surface area contributed by atoms with Crippen molar-refractivity contribution < 1.29 is 4.42 Å². The van der Waals surface area contributed by atoms with Crippen molar-refractivity contribution in [1.82, 2.24) is 4.98 Å². The minimum Gasteiger partial charge on any atom is -0.440 e. The van der Waals surface area contributed by atoms with Crippen molar-refractivity contribution in [3.8, 4) is 0 Å². The number of hydrogen-bond donors (Lipinski definition) is 1. The van der Waals surface area contributed by atoms with Crippen LogP contribution < -0.4 is 5.73 Å². The van der Waals surface area contributed by atoms with E-state index in [1.807, 2.05) is 6.92 Å². The van der Waals surface area contributed by atoms with Gasteiger partial charge in [-0.15, -0.1) is 0 Å². The largest absolute Gasteiger partial charge is 0.440 e. The van der Waals surface area contributed by atoms with Gasteiger partial charge in [0.2, 0.25) is 0 Å². The molecule has 0 aliphatic heterocycles. The van der Waals surface area contributed by atoms with E-state index in [1.165, 1.54) is 11.8 Å². The monoisotopic (exact) mass is 158 g/mol. The van der Waals surface area contributed by atoms with Gasteiger partial charge in [-0.2, -0.15) is 0 Å². The Bertz CT molecular complexity index is 174. The smallest absolute Gasteiger partial charge is 0.255 e. The number of nitrogens with zero attached hydrogens (tertiary/aromatic N) is 1. The molecule has 3 nitrogen and oxygen atoms in total. The second-order valence-corrected chi connectivity index (χ2v) is 3.06. The first-order valence-corrected chi connectivity index (χ1v) is 4.05. The predicted molar refractivity (Wildman–Crippen MR) is 40.9 cm³/mol. The molecule has 10 heavy (non-hydrogen) atoms. The summed E-state index contributed by atoms with van der Waals surface area (Å²) in [5.74, 6) is 0.848. The van der Waals surface area contributed by atoms with E-state index in [-0.39, 0.29) is 6.04 Å². The quantitative estimate of drug-likeness (QED) is 0.669. The van der Waals surface area contributed by atoms with E-state index in [1.54, 1.807) is 12.5 Å². The molecule has 1 atom stereocenters. The second kappa shape index (κ2) is 3.63. The number of nitrogens with two attached hydrogens (primary N) is 1. The highest BCUT2D eigenvalue weighted by atomic mass is 32.2. The van der Waals surface area contributed by atoms with Crippen molar-refractivity contribution >= 4 is 11.8 Å². The molecule has 1 aromatic heterocycles. The van der Waals surface area contributed by atoms with Gasteiger partial charge in [0.25, 0.3) is 5.22 Å². The van der Waals surface area contributed by atoms with Gasteiger partial charge in [0.15, 0.2) is 0 Å². The SMILES string of the molecule is C[C@H](N)CSc1ncco1. The average Bonchev–Trinajstić information content (AvgIpc) is 2.34. The molecule has 56 valence electrons. The Hall–Kier alpha value is -0.480. The molecule has 1 aromatic rings. The van der Waals surface area contributed by atoms with Gasteiger partial charge in [-0.3, -0.25) is 0 Å². The number of rotatable bonds is 3. The first-order chi connectivity index (χ1) is 4.79. The van der Waals surface area contributed by atoms with E-state index in [9.17, 15) is 0 Å². The fourth-order valence-corrected chi connectivity index (χ4v) is 1.15. The Morgan fingerprint density at radius 1 is 1.90 bits per heavy atom. The lowest BCUT2D eigenvalue weighted by Gasteiger charge is -1.99. The van der Waals surface area contributed by atoms with E-state index in [0.717, 1.165) is 5.75 Å². The van der Waals surface area contributed by atoms with Crippen LogP contribution in [0.4, 0.5) is 0 Å². The lowest BCUT2D eigenvalue weighted by molar-refractivity contribution is 0.454. The number of thioether (sulfide) groups is 1. The minimum absolute atomic E-state index is 0.192. The van der Waals surface area contributed by atoms with Crippen LogP contribution >= 0.6 is 11.8 Å². The van der Waals surface area contributed by atoms with Crippen molar-refractivity contribution in [2.75, 3.05) is 5.75 Å². The highest BCUT2D eigenvalue weighted by Gasteiger charge is 1.99. The zero-order valence-corrected chi connectivity index (χ0v) is 6.60. The predicted octanol–water partition coefficient (Wildman–Crippen LogP) is 1.11. The van der Waals surface area contributed by atoms with Gasteiger partial charge in [-0.1, -0.05) is 11.8 Å². The van der Waals surface area contributed by atoms with Crippen LogP contribution in [-0.2, 0) is 0 Å². The van der Waals surface area contributed by atoms with Crippen LogP contribution in [0, 0.1) is 0 Å². The summed E-state index contributed by atoms with van der Waals surface area (Å²) in [6, 6.07) is 0.192. The molecule has 1 rings (SSSR count). The number of hydrogen-bond acceptors (Lipinski definition) is 4. The van der Waals surface area contributed by atoms with E-state index >= 15 is 0 Å². The van der Waals surface area contributed by atoms with E-state index < -0.39 is 0 Å². The maximum absolute atomic E-state index is 5.52. The first kappa shape index (κ1) is 7.63. The lowest BCUT2D eigenvalue weighted by atomic mass is 10.4. The third-order valence-corrected chi connectivity index (χ3v) is 2.02. The molecule has 0 aromatic carbocycles. The summed E-state index contributed by atoms with van der Waals surface area (Å²) in [5.41, 5.74) is 5.52. The van der Waals surface area contributed by atoms with Crippen LogP contribution in [0.3, 0.4) is 0 Å². The molecule has 4 heteroatoms. The van der Waals surface area contributed by atoms with Crippen molar-refractivity contribution in [2.24, 2.45) is 5.73 Å². The van der Waals surface area contributed by atoms with Gasteiger partial charge in [0.1, 0.15) is 6.26 Å². The molecule has 0 unspecified atom stereocenters. The van der Waals surface area contributed by atoms with Crippen LogP contribution in [0.15, 0.2) is 22.1 Å². The Morgan fingerprint density at radius 2 is 2.70 bits per heavy atom. The molecule has 0 aliphatic carbocycles. The highest BCUT2D eigenvalue weighted by Crippen LogP contribution is 2.14. The Kier molecular flexibility index (Phi) is 2.77. The molecular formula is C6H10N2OS. The van der Waals surface area contributed by atoms with Gasteiger partial charge in [0.05, 0.1) is 6.20 Å². The van der Waals surface area contributed by atoms with Crippen molar-refractivity contribution in [3.63, 3.8) is 0 Å². The molecule has 0 aliphatic rings. The third kappa shape index (κ3) is 2.41. The van der Waals surface area contributed by atoms with Crippen LogP contribution in [0.25, 0.3) is 0 Å². The average molecular weight is 158 g/mol. The first-order valence-electron chi connectivity index (χ1n) is 3.07. The maximum atomic E-state index is 5.52. The highest BCUT2D eigenvalue weighted by molar-refractivity contribution is 7.99. The summed E-state index contributed by atoms with van der Waals surface area (Å²) in [6.07, 6.45) is 3.19. The van der Waals surface area contributed by atoms with Crippen molar-refractivity contribution in [1.29, 1.82) is 0 Å². The van der Waals surface area contributed by atoms with Gasteiger partial charge in [0, 0.05) is 11.8 Å². The third-order valence-electron chi connectivity index (χ3n) is 0.879. The van der Waals surface area contributed by atoms with E-state index in [4.69, 9.17) is 10.2 Å². The van der Waals surface area contributed by atoms with Gasteiger partial charge < -0.3 is 10.2 Å². The number of oxazole rings is 1. The molecule has 0 saturated carbocycles. The second-order valence-electron chi connectivity index (χ2n) is 2.09. The Morgan fingerprint density at radius 3 is 3.20 bits per heavy atom. The summed E-state index contributed by atoms with van der Waals surface area (Å²) in [5, 5.41) is 0.692. The molecular weight excluding hydrogens is 148 g/mol. The zero-order valence-electron chi connectivity index (χ0n) is 5.78. The molecule has 0 radical (unpaired) electrons. The Labute approximate surface area is 64.0 Å². The van der Waals surface area contributed by atoms with E-state index in [0.29, 0.717) is 5.22 Å². The molecule has 0 saturated heterocycles. The minimum atomic E-state index is 0.192. The standard InChI is InChI=1S/C6H10N2OS/c1-5(7)4-10-6-8-2-3-9-6/h2-3,5H,4,7H2,1H3/t5-/m0/s1. The van der Waals surface area contributed by atoms with Crippen molar-refractivity contribution in [2.45, 2.75) is 18.2 Å². The zero-order chi connectivity index (χ0) is 7.40. The van der Waals surface area contributed by atoms with Crippen LogP contribution in [0.2, 0.25) is 0 Å². The summed E-state index contributed by atoms with van der Waals surface area (Å²) < 4.78 is 4.98. The molecule has 0 bridgehead atoms. The van der Waals surface area contributed by atoms with Gasteiger partial charge in [-0.25, -0.2) is 4.98 Å². The van der Waals surface area contributed by atoms with Crippen molar-refractivity contribution in [3.05, 3.63) is 12.5 Å². The molecule has 0 spiro atoms. The fourth-order valence-electron chi connectivity index (χ4n) is 0.484. The van der Waals surface area contributed by atoms with Gasteiger partial charge >= 0.3 is 0 Å². The van der Waals surface area contributed by atoms with Gasteiger partial charge in [-0.05, 0) is 6.92 Å². The maximum Gasteiger partial charge on any atom is 0.255 e. The molecule has 1 heterocycles. The molecule has 2 N–H and O–H groups in total. The van der Waals surface area contributed by atoms with Crippen LogP contribution in [-0.4, -0.2) is 16.8 Å². The number of aromatic nitrogens is 1. The van der Waals surface area contributed by atoms with Crippen LogP contribution in [0.1, 0.15) is 6.92 Å².